The van der Waals surface area contributed by atoms with Crippen molar-refractivity contribution in [3.8, 4) is 0 Å². The third kappa shape index (κ3) is 4.75. The minimum Gasteiger partial charge on any atom is -0.480 e. The van der Waals surface area contributed by atoms with Gasteiger partial charge in [-0.25, -0.2) is 4.79 Å². The molecule has 1 unspecified atom stereocenters. The van der Waals surface area contributed by atoms with Gasteiger partial charge >= 0.3 is 11.9 Å². The van der Waals surface area contributed by atoms with E-state index in [0.29, 0.717) is 5.69 Å². The monoisotopic (exact) mass is 296 g/mol. The first-order chi connectivity index (χ1) is 9.85. The summed E-state index contributed by atoms with van der Waals surface area (Å²) in [6.45, 7) is 1.65. The molecule has 114 valence electrons. The fourth-order valence-electron chi connectivity index (χ4n) is 1.61. The fraction of sp³-hybridized carbons (Fsp3) is 0.385. The summed E-state index contributed by atoms with van der Waals surface area (Å²) in [6, 6.07) is 1.56. The molecular formula is C13H16N2O6. The lowest BCUT2D eigenvalue weighted by molar-refractivity contribution is -0.142. The van der Waals surface area contributed by atoms with Gasteiger partial charge in [0.2, 0.25) is 0 Å². The molecule has 3 N–H and O–H groups in total. The smallest absolute Gasteiger partial charge is 0.326 e. The van der Waals surface area contributed by atoms with Crippen LogP contribution in [0.2, 0.25) is 0 Å². The molecule has 1 heterocycles. The molecule has 0 aliphatic rings. The van der Waals surface area contributed by atoms with Crippen LogP contribution < -0.4 is 10.9 Å². The Hall–Kier alpha value is -2.64. The second-order valence-electron chi connectivity index (χ2n) is 4.36. The zero-order chi connectivity index (χ0) is 16.0. The summed E-state index contributed by atoms with van der Waals surface area (Å²) in [7, 11) is 1.18. The lowest BCUT2D eigenvalue weighted by atomic mass is 10.1. The SMILES string of the molecule is COC(=O)CCC(NC(=O)c1ccc(C)[nH]c1=O)C(=O)O. The van der Waals surface area contributed by atoms with Crippen molar-refractivity contribution < 1.29 is 24.2 Å². The highest BCUT2D eigenvalue weighted by atomic mass is 16.5. The maximum absolute atomic E-state index is 11.9. The molecule has 1 aromatic heterocycles. The maximum atomic E-state index is 11.9. The van der Waals surface area contributed by atoms with Gasteiger partial charge in [-0.15, -0.1) is 0 Å². The largest absolute Gasteiger partial charge is 0.480 e. The van der Waals surface area contributed by atoms with Crippen LogP contribution in [0.25, 0.3) is 0 Å². The molecule has 8 heteroatoms. The molecule has 0 radical (unpaired) electrons. The minimum absolute atomic E-state index is 0.127. The van der Waals surface area contributed by atoms with Crippen molar-refractivity contribution in [2.75, 3.05) is 7.11 Å². The van der Waals surface area contributed by atoms with Gasteiger partial charge in [-0.3, -0.25) is 14.4 Å². The summed E-state index contributed by atoms with van der Waals surface area (Å²) in [5, 5.41) is 11.2. The summed E-state index contributed by atoms with van der Waals surface area (Å²) in [4.78, 5) is 48.0. The summed E-state index contributed by atoms with van der Waals surface area (Å²) in [6.07, 6.45) is -0.282. The molecule has 8 nitrogen and oxygen atoms in total. The van der Waals surface area contributed by atoms with E-state index in [1.54, 1.807) is 6.92 Å². The number of aromatic amines is 1. The summed E-state index contributed by atoms with van der Waals surface area (Å²) in [5.74, 6) is -2.69. The van der Waals surface area contributed by atoms with Crippen molar-refractivity contribution in [2.45, 2.75) is 25.8 Å². The number of carbonyl (C=O) groups excluding carboxylic acids is 2. The van der Waals surface area contributed by atoms with Gasteiger partial charge < -0.3 is 20.1 Å². The van der Waals surface area contributed by atoms with E-state index in [-0.39, 0.29) is 18.4 Å². The highest BCUT2D eigenvalue weighted by Gasteiger charge is 2.23. The van der Waals surface area contributed by atoms with Crippen molar-refractivity contribution in [3.05, 3.63) is 33.7 Å². The number of ether oxygens (including phenoxy) is 1. The molecule has 0 saturated carbocycles. The Bertz CT molecular complexity index is 607. The second-order valence-corrected chi connectivity index (χ2v) is 4.36. The molecule has 0 saturated heterocycles. The number of aromatic nitrogens is 1. The van der Waals surface area contributed by atoms with Crippen molar-refractivity contribution in [3.63, 3.8) is 0 Å². The van der Waals surface area contributed by atoms with Gasteiger partial charge in [0.25, 0.3) is 11.5 Å². The first-order valence-electron chi connectivity index (χ1n) is 6.15. The first-order valence-corrected chi connectivity index (χ1v) is 6.15. The number of aryl methyl sites for hydroxylation is 1. The van der Waals surface area contributed by atoms with E-state index >= 15 is 0 Å². The highest BCUT2D eigenvalue weighted by Crippen LogP contribution is 2.02. The second kappa shape index (κ2) is 7.22. The van der Waals surface area contributed by atoms with E-state index in [1.807, 2.05) is 0 Å². The molecule has 0 bridgehead atoms. The summed E-state index contributed by atoms with van der Waals surface area (Å²) >= 11 is 0. The Balaban J connectivity index is 2.79. The fourth-order valence-corrected chi connectivity index (χ4v) is 1.61. The van der Waals surface area contributed by atoms with E-state index in [2.05, 4.69) is 15.0 Å². The molecule has 1 rings (SSSR count). The molecule has 0 spiro atoms. The first kappa shape index (κ1) is 16.4. The van der Waals surface area contributed by atoms with Crippen molar-refractivity contribution in [1.82, 2.24) is 10.3 Å². The van der Waals surface area contributed by atoms with Gasteiger partial charge in [-0.1, -0.05) is 0 Å². The minimum atomic E-state index is -1.30. The quantitative estimate of drug-likeness (QED) is 0.625. The van der Waals surface area contributed by atoms with Crippen LogP contribution in [0.3, 0.4) is 0 Å². The van der Waals surface area contributed by atoms with E-state index in [1.165, 1.54) is 19.2 Å². The number of aliphatic carboxylic acids is 1. The topological polar surface area (TPSA) is 126 Å². The zero-order valence-corrected chi connectivity index (χ0v) is 11.6. The van der Waals surface area contributed by atoms with Crippen LogP contribution in [0.1, 0.15) is 28.9 Å². The molecule has 1 amide bonds. The van der Waals surface area contributed by atoms with Gasteiger partial charge in [0.05, 0.1) is 7.11 Å². The normalized spacial score (nSPS) is 11.5. The standard InChI is InChI=1S/C13H16N2O6/c1-7-3-4-8(11(17)14-7)12(18)15-9(13(19)20)5-6-10(16)21-2/h3-4,9H,5-6H2,1-2H3,(H,14,17)(H,15,18)(H,19,20). The number of carbonyl (C=O) groups is 3. The van der Waals surface area contributed by atoms with Crippen LogP contribution in [0.5, 0.6) is 0 Å². The number of hydrogen-bond acceptors (Lipinski definition) is 5. The molecular weight excluding hydrogens is 280 g/mol. The molecule has 1 aromatic rings. The number of amides is 1. The zero-order valence-electron chi connectivity index (χ0n) is 11.6. The Morgan fingerprint density at radius 2 is 2.05 bits per heavy atom. The molecule has 0 aliphatic carbocycles. The third-order valence-electron chi connectivity index (χ3n) is 2.77. The summed E-state index contributed by atoms with van der Waals surface area (Å²) in [5.41, 5.74) is -0.216. The van der Waals surface area contributed by atoms with Crippen LogP contribution in [0, 0.1) is 6.92 Å². The molecule has 21 heavy (non-hydrogen) atoms. The van der Waals surface area contributed by atoms with Gasteiger partial charge in [-0.05, 0) is 25.5 Å². The van der Waals surface area contributed by atoms with Crippen molar-refractivity contribution in [2.24, 2.45) is 0 Å². The number of nitrogens with one attached hydrogen (secondary N) is 2. The Morgan fingerprint density at radius 1 is 1.38 bits per heavy atom. The summed E-state index contributed by atoms with van der Waals surface area (Å²) < 4.78 is 4.40. The van der Waals surface area contributed by atoms with E-state index in [9.17, 15) is 19.2 Å². The number of carboxylic acids is 1. The molecule has 0 aromatic carbocycles. The number of methoxy groups -OCH3 is 1. The van der Waals surface area contributed by atoms with Crippen LogP contribution in [-0.2, 0) is 14.3 Å². The number of pyridine rings is 1. The number of esters is 1. The number of hydrogen-bond donors (Lipinski definition) is 3. The lowest BCUT2D eigenvalue weighted by Crippen LogP contribution is -2.42. The van der Waals surface area contributed by atoms with E-state index in [4.69, 9.17) is 5.11 Å². The number of carboxylic acid groups (broad SMARTS) is 1. The molecule has 1 atom stereocenters. The number of H-pyrrole nitrogens is 1. The Morgan fingerprint density at radius 3 is 2.57 bits per heavy atom. The predicted molar refractivity (Wildman–Crippen MR) is 71.9 cm³/mol. The molecule has 0 fully saturated rings. The third-order valence-corrected chi connectivity index (χ3v) is 2.77. The predicted octanol–water partition coefficient (Wildman–Crippen LogP) is -0.180. The van der Waals surface area contributed by atoms with E-state index in [0.717, 1.165) is 0 Å². The van der Waals surface area contributed by atoms with E-state index < -0.39 is 29.4 Å². The number of rotatable bonds is 6. The van der Waals surface area contributed by atoms with Crippen LogP contribution in [-0.4, -0.2) is 41.1 Å². The van der Waals surface area contributed by atoms with Gasteiger partial charge in [0, 0.05) is 12.1 Å². The molecule has 0 aliphatic heterocycles. The average Bonchev–Trinajstić information content (AvgIpc) is 2.42. The van der Waals surface area contributed by atoms with Gasteiger partial charge in [0.1, 0.15) is 11.6 Å². The maximum Gasteiger partial charge on any atom is 0.326 e. The van der Waals surface area contributed by atoms with Crippen molar-refractivity contribution in [1.29, 1.82) is 0 Å². The van der Waals surface area contributed by atoms with Crippen LogP contribution in [0.4, 0.5) is 0 Å². The lowest BCUT2D eigenvalue weighted by Gasteiger charge is -2.13. The van der Waals surface area contributed by atoms with Crippen LogP contribution in [0.15, 0.2) is 16.9 Å². The van der Waals surface area contributed by atoms with Crippen LogP contribution >= 0.6 is 0 Å². The Kier molecular flexibility index (Phi) is 5.65. The van der Waals surface area contributed by atoms with Crippen molar-refractivity contribution >= 4 is 17.8 Å². The Labute approximate surface area is 120 Å². The highest BCUT2D eigenvalue weighted by molar-refractivity contribution is 5.96. The average molecular weight is 296 g/mol. The van der Waals surface area contributed by atoms with Gasteiger partial charge in [-0.2, -0.15) is 0 Å². The van der Waals surface area contributed by atoms with Gasteiger partial charge in [0.15, 0.2) is 0 Å².